The Morgan fingerprint density at radius 2 is 1.83 bits per heavy atom. The molecule has 1 aromatic carbocycles. The van der Waals surface area contributed by atoms with Crippen molar-refractivity contribution in [1.29, 1.82) is 0 Å². The molecule has 0 bridgehead atoms. The van der Waals surface area contributed by atoms with Crippen LogP contribution in [0.3, 0.4) is 0 Å². The molecule has 0 nitrogen and oxygen atoms in total. The second-order valence-electron chi connectivity index (χ2n) is 6.35. The average Bonchev–Trinajstić information content (AvgIpc) is 2.51. The van der Waals surface area contributed by atoms with Crippen LogP contribution in [-0.4, -0.2) is 6.18 Å². The number of hydrogen-bond donors (Lipinski definition) is 0. The van der Waals surface area contributed by atoms with E-state index >= 15 is 0 Å². The topological polar surface area (TPSA) is 0 Å². The van der Waals surface area contributed by atoms with Crippen LogP contribution in [0.5, 0.6) is 0 Å². The first-order chi connectivity index (χ1) is 10.9. The highest BCUT2D eigenvalue weighted by Crippen LogP contribution is 2.38. The molecule has 126 valence electrons. The molecule has 0 aromatic heterocycles. The van der Waals surface area contributed by atoms with Crippen molar-refractivity contribution in [2.24, 2.45) is 5.92 Å². The fourth-order valence-electron chi connectivity index (χ4n) is 3.30. The molecule has 0 aliphatic heterocycles. The molecular formula is C19H22F4. The largest absolute Gasteiger partial charge is 0.458 e. The summed E-state index contributed by atoms with van der Waals surface area (Å²) >= 11 is 0. The zero-order chi connectivity index (χ0) is 16.9. The zero-order valence-corrected chi connectivity index (χ0v) is 13.3. The van der Waals surface area contributed by atoms with Crippen LogP contribution in [0, 0.1) is 23.6 Å². The second kappa shape index (κ2) is 7.86. The van der Waals surface area contributed by atoms with Crippen molar-refractivity contribution in [1.82, 2.24) is 0 Å². The molecule has 0 unspecified atom stereocenters. The number of alkyl halides is 3. The van der Waals surface area contributed by atoms with Crippen LogP contribution in [0.15, 0.2) is 18.2 Å². The first kappa shape index (κ1) is 17.8. The lowest BCUT2D eigenvalue weighted by molar-refractivity contribution is -0.0696. The van der Waals surface area contributed by atoms with Gasteiger partial charge in [0.2, 0.25) is 0 Å². The molecule has 1 aliphatic carbocycles. The van der Waals surface area contributed by atoms with Crippen molar-refractivity contribution in [3.8, 4) is 11.8 Å². The first-order valence-electron chi connectivity index (χ1n) is 8.28. The minimum Gasteiger partial charge on any atom is -0.206 e. The fraction of sp³-hybridized carbons (Fsp3) is 0.579. The molecule has 1 saturated carbocycles. The van der Waals surface area contributed by atoms with Crippen LogP contribution in [0.1, 0.15) is 68.9 Å². The lowest BCUT2D eigenvalue weighted by atomic mass is 9.77. The first-order valence-corrected chi connectivity index (χ1v) is 8.28. The van der Waals surface area contributed by atoms with E-state index in [4.69, 9.17) is 0 Å². The summed E-state index contributed by atoms with van der Waals surface area (Å²) in [6, 6.07) is 4.45. The third-order valence-electron chi connectivity index (χ3n) is 4.62. The monoisotopic (exact) mass is 326 g/mol. The summed E-state index contributed by atoms with van der Waals surface area (Å²) in [5.41, 5.74) is 0.691. The highest BCUT2D eigenvalue weighted by atomic mass is 19.4. The maximum absolute atomic E-state index is 14.0. The SMILES string of the molecule is CCCCC1CCC(c2ccc(C#CC(F)(F)F)c(F)c2)CC1. The van der Waals surface area contributed by atoms with Crippen LogP contribution < -0.4 is 0 Å². The second-order valence-corrected chi connectivity index (χ2v) is 6.35. The van der Waals surface area contributed by atoms with Gasteiger partial charge in [-0.25, -0.2) is 4.39 Å². The maximum Gasteiger partial charge on any atom is 0.458 e. The van der Waals surface area contributed by atoms with Crippen LogP contribution in [0.4, 0.5) is 17.6 Å². The molecule has 0 N–H and O–H groups in total. The van der Waals surface area contributed by atoms with E-state index in [9.17, 15) is 17.6 Å². The predicted octanol–water partition coefficient (Wildman–Crippen LogP) is 6.20. The Labute approximate surface area is 135 Å². The van der Waals surface area contributed by atoms with E-state index in [0.717, 1.165) is 43.1 Å². The third kappa shape index (κ3) is 5.57. The van der Waals surface area contributed by atoms with E-state index in [1.165, 1.54) is 31.4 Å². The van der Waals surface area contributed by atoms with E-state index in [-0.39, 0.29) is 5.56 Å². The Bertz CT molecular complexity index is 569. The fourth-order valence-corrected chi connectivity index (χ4v) is 3.30. The summed E-state index contributed by atoms with van der Waals surface area (Å²) < 4.78 is 50.2. The zero-order valence-electron chi connectivity index (χ0n) is 13.3. The van der Waals surface area contributed by atoms with Crippen molar-refractivity contribution >= 4 is 0 Å². The Kier molecular flexibility index (Phi) is 6.10. The highest BCUT2D eigenvalue weighted by Gasteiger charge is 2.24. The van der Waals surface area contributed by atoms with E-state index < -0.39 is 12.0 Å². The molecule has 1 fully saturated rings. The number of halogens is 4. The van der Waals surface area contributed by atoms with Gasteiger partial charge in [-0.2, -0.15) is 13.2 Å². The van der Waals surface area contributed by atoms with Crippen LogP contribution >= 0.6 is 0 Å². The van der Waals surface area contributed by atoms with Gasteiger partial charge in [-0.3, -0.25) is 0 Å². The molecule has 1 aromatic rings. The minimum atomic E-state index is -4.60. The Balaban J connectivity index is 2.00. The average molecular weight is 326 g/mol. The number of benzene rings is 1. The van der Waals surface area contributed by atoms with Crippen LogP contribution in [0.2, 0.25) is 0 Å². The van der Waals surface area contributed by atoms with Gasteiger partial charge in [0.1, 0.15) is 5.82 Å². The van der Waals surface area contributed by atoms with Gasteiger partial charge in [0.15, 0.2) is 0 Å². The highest BCUT2D eigenvalue weighted by molar-refractivity contribution is 5.39. The van der Waals surface area contributed by atoms with Gasteiger partial charge in [-0.05, 0) is 55.2 Å². The quantitative estimate of drug-likeness (QED) is 0.456. The molecule has 0 amide bonds. The molecule has 1 aliphatic rings. The van der Waals surface area contributed by atoms with Gasteiger partial charge in [-0.1, -0.05) is 38.2 Å². The van der Waals surface area contributed by atoms with E-state index in [1.807, 2.05) is 5.92 Å². The summed E-state index contributed by atoms with van der Waals surface area (Å²) in [7, 11) is 0. The Hall–Kier alpha value is -1.50. The van der Waals surface area contributed by atoms with Crippen LogP contribution in [0.25, 0.3) is 0 Å². The summed E-state index contributed by atoms with van der Waals surface area (Å²) in [5.74, 6) is 3.40. The number of unbranched alkanes of at least 4 members (excludes halogenated alkanes) is 1. The summed E-state index contributed by atoms with van der Waals surface area (Å²) in [5, 5.41) is 0. The van der Waals surface area contributed by atoms with Gasteiger partial charge >= 0.3 is 6.18 Å². The molecule has 4 heteroatoms. The van der Waals surface area contributed by atoms with Gasteiger partial charge < -0.3 is 0 Å². The molecule has 0 saturated heterocycles. The van der Waals surface area contributed by atoms with Crippen molar-refractivity contribution in [3.63, 3.8) is 0 Å². The summed E-state index contributed by atoms with van der Waals surface area (Å²) in [6.45, 7) is 2.19. The van der Waals surface area contributed by atoms with Crippen molar-refractivity contribution in [2.45, 2.75) is 64.0 Å². The van der Waals surface area contributed by atoms with Gasteiger partial charge in [-0.15, -0.1) is 0 Å². The minimum absolute atomic E-state index is 0.192. The van der Waals surface area contributed by atoms with Crippen LogP contribution in [-0.2, 0) is 0 Å². The summed E-state index contributed by atoms with van der Waals surface area (Å²) in [6.07, 6.45) is 3.51. The normalized spacial score (nSPS) is 21.6. The van der Waals surface area contributed by atoms with E-state index in [0.29, 0.717) is 5.92 Å². The Morgan fingerprint density at radius 3 is 2.39 bits per heavy atom. The lowest BCUT2D eigenvalue weighted by Gasteiger charge is -2.28. The molecule has 0 atom stereocenters. The van der Waals surface area contributed by atoms with Crippen molar-refractivity contribution in [2.75, 3.05) is 0 Å². The maximum atomic E-state index is 14.0. The van der Waals surface area contributed by atoms with E-state index in [2.05, 4.69) is 6.92 Å². The molecule has 0 radical (unpaired) electrons. The lowest BCUT2D eigenvalue weighted by Crippen LogP contribution is -2.13. The summed E-state index contributed by atoms with van der Waals surface area (Å²) in [4.78, 5) is 0. The smallest absolute Gasteiger partial charge is 0.206 e. The van der Waals surface area contributed by atoms with Crippen molar-refractivity contribution in [3.05, 3.63) is 35.1 Å². The molecule has 0 spiro atoms. The number of hydrogen-bond acceptors (Lipinski definition) is 0. The van der Waals surface area contributed by atoms with Gasteiger partial charge in [0, 0.05) is 5.92 Å². The molecule has 2 rings (SSSR count). The van der Waals surface area contributed by atoms with Gasteiger partial charge in [0.05, 0.1) is 5.56 Å². The molecule has 0 heterocycles. The number of rotatable bonds is 4. The third-order valence-corrected chi connectivity index (χ3v) is 4.62. The molecule has 23 heavy (non-hydrogen) atoms. The van der Waals surface area contributed by atoms with Gasteiger partial charge in [0.25, 0.3) is 0 Å². The van der Waals surface area contributed by atoms with E-state index in [1.54, 1.807) is 6.07 Å². The standard InChI is InChI=1S/C19H22F4/c1-2-3-4-14-5-7-15(8-6-14)17-10-9-16(18(20)13-17)11-12-19(21,22)23/h9-10,13-15H,2-8H2,1H3. The molecular weight excluding hydrogens is 304 g/mol. The predicted molar refractivity (Wildman–Crippen MR) is 83.6 cm³/mol. The Morgan fingerprint density at radius 1 is 1.13 bits per heavy atom. The van der Waals surface area contributed by atoms with Crippen molar-refractivity contribution < 1.29 is 17.6 Å².